The highest BCUT2D eigenvalue weighted by Crippen LogP contribution is 2.28. The molecule has 0 aliphatic heterocycles. The Labute approximate surface area is 156 Å². The minimum Gasteiger partial charge on any atom is -0.497 e. The van der Waals surface area contributed by atoms with Crippen molar-refractivity contribution in [3.05, 3.63) is 54.2 Å². The number of methoxy groups -OCH3 is 2. The molecule has 0 fully saturated rings. The molecule has 0 radical (unpaired) electrons. The van der Waals surface area contributed by atoms with Gasteiger partial charge in [-0.2, -0.15) is 0 Å². The van der Waals surface area contributed by atoms with Crippen LogP contribution in [0.5, 0.6) is 11.5 Å². The van der Waals surface area contributed by atoms with E-state index in [4.69, 9.17) is 9.47 Å². The number of aromatic nitrogens is 1. The van der Waals surface area contributed by atoms with Crippen LogP contribution in [-0.4, -0.2) is 49.5 Å². The van der Waals surface area contributed by atoms with Crippen molar-refractivity contribution in [1.82, 2.24) is 9.88 Å². The van der Waals surface area contributed by atoms with Gasteiger partial charge in [-0.05, 0) is 18.2 Å². The molecule has 2 aromatic carbocycles. The van der Waals surface area contributed by atoms with Gasteiger partial charge in [0.2, 0.25) is 5.91 Å². The summed E-state index contributed by atoms with van der Waals surface area (Å²) in [5.41, 5.74) is 1.88. The zero-order chi connectivity index (χ0) is 19.4. The molecule has 1 aromatic heterocycles. The zero-order valence-corrected chi connectivity index (χ0v) is 15.4. The third-order valence-electron chi connectivity index (χ3n) is 4.23. The number of carbonyl (C=O) groups is 2. The average molecular weight is 367 g/mol. The van der Waals surface area contributed by atoms with Crippen LogP contribution < -0.4 is 14.8 Å². The Morgan fingerprint density at radius 1 is 1.11 bits per heavy atom. The number of hydrogen-bond acceptors (Lipinski definition) is 4. The number of benzene rings is 2. The maximum absolute atomic E-state index is 12.7. The fourth-order valence-electron chi connectivity index (χ4n) is 2.84. The Morgan fingerprint density at radius 3 is 2.63 bits per heavy atom. The number of para-hydroxylation sites is 1. The number of nitrogens with zero attached hydrogens (tertiary/aromatic N) is 1. The van der Waals surface area contributed by atoms with E-state index in [0.717, 1.165) is 10.9 Å². The minimum atomic E-state index is -0.336. The highest BCUT2D eigenvalue weighted by atomic mass is 16.5. The van der Waals surface area contributed by atoms with E-state index in [-0.39, 0.29) is 18.4 Å². The first-order valence-corrected chi connectivity index (χ1v) is 8.37. The number of amides is 2. The minimum absolute atomic E-state index is 0.0985. The standard InChI is InChI=1S/C20H21N3O4/c1-23(20(25)15-11-21-16-7-5-4-6-14(15)16)12-19(24)22-17-10-13(26-2)8-9-18(17)27-3/h4-11,21H,12H2,1-3H3,(H,22,24). The van der Waals surface area contributed by atoms with Crippen LogP contribution >= 0.6 is 0 Å². The number of aromatic amines is 1. The lowest BCUT2D eigenvalue weighted by molar-refractivity contribution is -0.116. The molecule has 2 N–H and O–H groups in total. The second-order valence-electron chi connectivity index (χ2n) is 6.02. The maximum Gasteiger partial charge on any atom is 0.256 e. The van der Waals surface area contributed by atoms with Crippen molar-refractivity contribution >= 4 is 28.4 Å². The quantitative estimate of drug-likeness (QED) is 0.702. The van der Waals surface area contributed by atoms with Crippen LogP contribution in [0.3, 0.4) is 0 Å². The summed E-state index contributed by atoms with van der Waals surface area (Å²) in [5.74, 6) is 0.529. The SMILES string of the molecule is COc1ccc(OC)c(NC(=O)CN(C)C(=O)c2c[nH]c3ccccc23)c1. The number of likely N-dealkylation sites (N-methyl/N-ethyl adjacent to an activating group) is 1. The number of anilines is 1. The fourth-order valence-corrected chi connectivity index (χ4v) is 2.84. The molecule has 3 aromatic rings. The van der Waals surface area contributed by atoms with E-state index in [9.17, 15) is 9.59 Å². The lowest BCUT2D eigenvalue weighted by Crippen LogP contribution is -2.34. The second-order valence-corrected chi connectivity index (χ2v) is 6.02. The van der Waals surface area contributed by atoms with E-state index in [1.54, 1.807) is 38.6 Å². The molecular formula is C20H21N3O4. The molecule has 0 atom stereocenters. The Kier molecular flexibility index (Phi) is 5.30. The van der Waals surface area contributed by atoms with Gasteiger partial charge in [0.25, 0.3) is 5.91 Å². The van der Waals surface area contributed by atoms with Crippen LogP contribution in [0, 0.1) is 0 Å². The van der Waals surface area contributed by atoms with E-state index in [1.807, 2.05) is 24.3 Å². The lowest BCUT2D eigenvalue weighted by atomic mass is 10.1. The van der Waals surface area contributed by atoms with E-state index >= 15 is 0 Å². The topological polar surface area (TPSA) is 83.7 Å². The van der Waals surface area contributed by atoms with Crippen molar-refractivity contribution < 1.29 is 19.1 Å². The number of rotatable bonds is 6. The van der Waals surface area contributed by atoms with Gasteiger partial charge < -0.3 is 24.7 Å². The summed E-state index contributed by atoms with van der Waals surface area (Å²) in [6.45, 7) is -0.0985. The number of nitrogens with one attached hydrogen (secondary N) is 2. The van der Waals surface area contributed by atoms with Gasteiger partial charge in [0.05, 0.1) is 32.0 Å². The average Bonchev–Trinajstić information content (AvgIpc) is 3.11. The summed E-state index contributed by atoms with van der Waals surface area (Å²) >= 11 is 0. The van der Waals surface area contributed by atoms with E-state index in [0.29, 0.717) is 22.7 Å². The Balaban J connectivity index is 1.71. The Morgan fingerprint density at radius 2 is 1.89 bits per heavy atom. The van der Waals surface area contributed by atoms with Crippen molar-refractivity contribution in [3.63, 3.8) is 0 Å². The number of hydrogen-bond donors (Lipinski definition) is 2. The molecule has 0 aliphatic carbocycles. The van der Waals surface area contributed by atoms with Gasteiger partial charge >= 0.3 is 0 Å². The van der Waals surface area contributed by atoms with Gasteiger partial charge in [-0.1, -0.05) is 18.2 Å². The molecule has 140 valence electrons. The zero-order valence-electron chi connectivity index (χ0n) is 15.4. The van der Waals surface area contributed by atoms with E-state index in [2.05, 4.69) is 10.3 Å². The van der Waals surface area contributed by atoms with Gasteiger partial charge in [0, 0.05) is 30.2 Å². The third-order valence-corrected chi connectivity index (χ3v) is 4.23. The van der Waals surface area contributed by atoms with Gasteiger partial charge in [0.15, 0.2) is 0 Å². The lowest BCUT2D eigenvalue weighted by Gasteiger charge is -2.17. The Hall–Kier alpha value is -3.48. The molecule has 0 bridgehead atoms. The molecular weight excluding hydrogens is 346 g/mol. The maximum atomic E-state index is 12.7. The number of ether oxygens (including phenoxy) is 2. The molecule has 0 saturated carbocycles. The van der Waals surface area contributed by atoms with Crippen LogP contribution in [-0.2, 0) is 4.79 Å². The molecule has 2 amide bonds. The molecule has 27 heavy (non-hydrogen) atoms. The smallest absolute Gasteiger partial charge is 0.256 e. The van der Waals surface area contributed by atoms with E-state index < -0.39 is 0 Å². The first-order chi connectivity index (χ1) is 13.0. The van der Waals surface area contributed by atoms with Crippen molar-refractivity contribution in [3.8, 4) is 11.5 Å². The van der Waals surface area contributed by atoms with Gasteiger partial charge in [0.1, 0.15) is 11.5 Å². The summed E-state index contributed by atoms with van der Waals surface area (Å²) in [5, 5.41) is 3.58. The predicted molar refractivity (Wildman–Crippen MR) is 103 cm³/mol. The molecule has 7 heteroatoms. The summed E-state index contributed by atoms with van der Waals surface area (Å²) in [7, 11) is 4.65. The normalized spacial score (nSPS) is 10.5. The molecule has 0 saturated heterocycles. The van der Waals surface area contributed by atoms with Crippen LogP contribution in [0.15, 0.2) is 48.7 Å². The monoisotopic (exact) mass is 367 g/mol. The molecule has 0 unspecified atom stereocenters. The molecule has 7 nitrogen and oxygen atoms in total. The first kappa shape index (κ1) is 18.3. The summed E-state index contributed by atoms with van der Waals surface area (Å²) < 4.78 is 10.4. The Bertz CT molecular complexity index is 980. The number of H-pyrrole nitrogens is 1. The largest absolute Gasteiger partial charge is 0.497 e. The predicted octanol–water partition coefficient (Wildman–Crippen LogP) is 2.90. The van der Waals surface area contributed by atoms with Crippen LogP contribution in [0.1, 0.15) is 10.4 Å². The first-order valence-electron chi connectivity index (χ1n) is 8.37. The number of fused-ring (bicyclic) bond motifs is 1. The summed E-state index contributed by atoms with van der Waals surface area (Å²) in [4.78, 5) is 29.6. The summed E-state index contributed by atoms with van der Waals surface area (Å²) in [6, 6.07) is 12.6. The van der Waals surface area contributed by atoms with Crippen molar-refractivity contribution in [1.29, 1.82) is 0 Å². The molecule has 0 aliphatic rings. The van der Waals surface area contributed by atoms with Crippen molar-refractivity contribution in [2.75, 3.05) is 33.1 Å². The highest BCUT2D eigenvalue weighted by Gasteiger charge is 2.19. The highest BCUT2D eigenvalue weighted by molar-refractivity contribution is 6.08. The number of carbonyl (C=O) groups excluding carboxylic acids is 2. The molecule has 1 heterocycles. The van der Waals surface area contributed by atoms with Gasteiger partial charge in [-0.15, -0.1) is 0 Å². The van der Waals surface area contributed by atoms with Gasteiger partial charge in [-0.3, -0.25) is 9.59 Å². The molecule has 3 rings (SSSR count). The van der Waals surface area contributed by atoms with Crippen molar-refractivity contribution in [2.45, 2.75) is 0 Å². The van der Waals surface area contributed by atoms with Crippen LogP contribution in [0.4, 0.5) is 5.69 Å². The molecule has 0 spiro atoms. The van der Waals surface area contributed by atoms with Crippen molar-refractivity contribution in [2.24, 2.45) is 0 Å². The van der Waals surface area contributed by atoms with Crippen LogP contribution in [0.25, 0.3) is 10.9 Å². The van der Waals surface area contributed by atoms with Gasteiger partial charge in [-0.25, -0.2) is 0 Å². The second kappa shape index (κ2) is 7.82. The van der Waals surface area contributed by atoms with Crippen LogP contribution in [0.2, 0.25) is 0 Å². The third kappa shape index (κ3) is 3.87. The van der Waals surface area contributed by atoms with E-state index in [1.165, 1.54) is 12.0 Å². The fraction of sp³-hybridized carbons (Fsp3) is 0.200. The summed E-state index contributed by atoms with van der Waals surface area (Å²) in [6.07, 6.45) is 1.66.